The van der Waals surface area contributed by atoms with Gasteiger partial charge in [0, 0.05) is 19.3 Å². The maximum absolute atomic E-state index is 12.2. The van der Waals surface area contributed by atoms with E-state index in [1.807, 2.05) is 11.6 Å². The molecule has 174 valence electrons. The third kappa shape index (κ3) is 21.8. The van der Waals surface area contributed by atoms with Crippen LogP contribution in [0.5, 0.6) is 0 Å². The Labute approximate surface area is 192 Å². The Morgan fingerprint density at radius 2 is 1.17 bits per heavy atom. The fourth-order valence-corrected chi connectivity index (χ4v) is 3.60. The lowest BCUT2D eigenvalue weighted by Gasteiger charge is -2.18. The molecule has 0 aliphatic carbocycles. The first-order chi connectivity index (χ1) is 14.3. The summed E-state index contributed by atoms with van der Waals surface area (Å²) in [4.78, 5) is 33.6. The molecular weight excluding hydrogens is 425 g/mol. The molecule has 5 nitrogen and oxygen atoms in total. The lowest BCUT2D eigenvalue weighted by molar-refractivity contribution is -0.488. The number of nitrogens with zero attached hydrogens (tertiary/aromatic N) is 1. The van der Waals surface area contributed by atoms with E-state index in [-0.39, 0.29) is 22.6 Å². The molecule has 0 atom stereocenters. The monoisotopic (exact) mass is 464 g/mol. The van der Waals surface area contributed by atoms with Gasteiger partial charge in [-0.2, -0.15) is 0 Å². The smallest absolute Gasteiger partial charge is 0.306 e. The van der Waals surface area contributed by atoms with Crippen LogP contribution in [0.25, 0.3) is 0 Å². The van der Waals surface area contributed by atoms with Crippen molar-refractivity contribution in [3.05, 3.63) is 0 Å². The van der Waals surface area contributed by atoms with Crippen LogP contribution in [0, 0.1) is 0 Å². The van der Waals surface area contributed by atoms with E-state index in [4.69, 9.17) is 27.9 Å². The number of rotatable bonds is 21. The first kappa shape index (κ1) is 29.1. The van der Waals surface area contributed by atoms with E-state index in [1.165, 1.54) is 0 Å². The van der Waals surface area contributed by atoms with Crippen molar-refractivity contribution in [2.24, 2.45) is 0 Å². The Bertz CT molecular complexity index is 483. The second kappa shape index (κ2) is 20.0. The molecule has 0 radical (unpaired) electrons. The molecule has 0 aliphatic rings. The molecule has 30 heavy (non-hydrogen) atoms. The van der Waals surface area contributed by atoms with E-state index in [0.717, 1.165) is 90.0 Å². The average molecular weight is 465 g/mol. The third-order valence-corrected chi connectivity index (χ3v) is 5.40. The highest BCUT2D eigenvalue weighted by atomic mass is 35.5. The molecule has 0 bridgehead atoms. The van der Waals surface area contributed by atoms with Gasteiger partial charge in [0.25, 0.3) is 0 Å². The highest BCUT2D eigenvalue weighted by Gasteiger charge is 2.14. The minimum atomic E-state index is -0.263. The van der Waals surface area contributed by atoms with Crippen molar-refractivity contribution in [1.82, 2.24) is 0 Å². The van der Waals surface area contributed by atoms with Crippen LogP contribution in [0.15, 0.2) is 0 Å². The number of hydrogen-bond donors (Lipinski definition) is 0. The van der Waals surface area contributed by atoms with E-state index < -0.39 is 0 Å². The maximum Gasteiger partial charge on any atom is 0.306 e. The van der Waals surface area contributed by atoms with Crippen molar-refractivity contribution < 1.29 is 23.7 Å². The van der Waals surface area contributed by atoms with Crippen molar-refractivity contribution in [1.29, 1.82) is 0 Å². The van der Waals surface area contributed by atoms with Crippen LogP contribution in [0.1, 0.15) is 103 Å². The Morgan fingerprint density at radius 1 is 0.733 bits per heavy atom. The first-order valence-electron chi connectivity index (χ1n) is 11.4. The quantitative estimate of drug-likeness (QED) is 0.0684. The van der Waals surface area contributed by atoms with Crippen molar-refractivity contribution >= 4 is 46.4 Å². The molecule has 0 saturated heterocycles. The van der Waals surface area contributed by atoms with Gasteiger partial charge in [0.05, 0.1) is 6.42 Å². The van der Waals surface area contributed by atoms with E-state index >= 15 is 0 Å². The summed E-state index contributed by atoms with van der Waals surface area (Å²) in [5.74, 6) is -0.122. The molecule has 0 heterocycles. The zero-order valence-electron chi connectivity index (χ0n) is 18.6. The van der Waals surface area contributed by atoms with Gasteiger partial charge in [-0.1, -0.05) is 38.5 Å². The number of carbonyl (C=O) groups is 3. The molecule has 0 unspecified atom stereocenters. The van der Waals surface area contributed by atoms with Gasteiger partial charge in [-0.3, -0.25) is 14.4 Å². The van der Waals surface area contributed by atoms with Crippen LogP contribution in [-0.2, 0) is 19.1 Å². The second-order valence-corrected chi connectivity index (χ2v) is 8.96. The zero-order valence-corrected chi connectivity index (χ0v) is 20.2. The third-order valence-electron chi connectivity index (χ3n) is 5.02. The predicted octanol–water partition coefficient (Wildman–Crippen LogP) is 6.01. The fourth-order valence-electron chi connectivity index (χ4n) is 3.33. The number of halogens is 2. The number of esters is 1. The minimum absolute atomic E-state index is 0.0242. The van der Waals surface area contributed by atoms with Gasteiger partial charge in [-0.05, 0) is 61.7 Å². The van der Waals surface area contributed by atoms with Crippen LogP contribution in [0.3, 0.4) is 0 Å². The van der Waals surface area contributed by atoms with Gasteiger partial charge in [0.1, 0.15) is 26.4 Å². The molecule has 0 aliphatic heterocycles. The van der Waals surface area contributed by atoms with Gasteiger partial charge in [0.2, 0.25) is 10.5 Å². The predicted molar refractivity (Wildman–Crippen MR) is 124 cm³/mol. The normalized spacial score (nSPS) is 10.9. The number of hydrogen-bond acceptors (Lipinski definition) is 4. The Balaban J connectivity index is 4.11. The molecule has 0 aromatic rings. The summed E-state index contributed by atoms with van der Waals surface area (Å²) in [7, 11) is 1.89. The molecule has 0 N–H and O–H groups in total. The molecule has 0 aromatic carbocycles. The topological polar surface area (TPSA) is 63.4 Å². The van der Waals surface area contributed by atoms with Crippen LogP contribution in [0.4, 0.5) is 0 Å². The summed E-state index contributed by atoms with van der Waals surface area (Å²) in [6, 6.07) is 0. The molecule has 0 fully saturated rings. The average Bonchev–Trinajstić information content (AvgIpc) is 2.65. The van der Waals surface area contributed by atoms with Crippen LogP contribution in [0.2, 0.25) is 0 Å². The number of carbonyl (C=O) groups excluding carboxylic acids is 3. The Morgan fingerprint density at radius 3 is 1.60 bits per heavy atom. The van der Waals surface area contributed by atoms with Crippen molar-refractivity contribution in [3.63, 3.8) is 0 Å². The van der Waals surface area contributed by atoms with Crippen LogP contribution in [-0.4, -0.2) is 47.4 Å². The van der Waals surface area contributed by atoms with Gasteiger partial charge in [-0.15, -0.1) is 0 Å². The first-order valence-corrected chi connectivity index (χ1v) is 12.1. The van der Waals surface area contributed by atoms with Crippen molar-refractivity contribution in [2.45, 2.75) is 109 Å². The minimum Gasteiger partial charge on any atom is -0.462 e. The Hall–Kier alpha value is -0.940. The van der Waals surface area contributed by atoms with E-state index in [2.05, 4.69) is 6.72 Å². The molecule has 7 heteroatoms. The zero-order chi connectivity index (χ0) is 22.6. The van der Waals surface area contributed by atoms with E-state index in [1.54, 1.807) is 0 Å². The van der Waals surface area contributed by atoms with Gasteiger partial charge in [0.15, 0.2) is 0 Å². The lowest BCUT2D eigenvalue weighted by Crippen LogP contribution is -2.19. The van der Waals surface area contributed by atoms with Crippen molar-refractivity contribution in [2.75, 3.05) is 13.6 Å². The Kier molecular flexibility index (Phi) is 19.4. The maximum atomic E-state index is 12.2. The second-order valence-electron chi connectivity index (χ2n) is 8.12. The van der Waals surface area contributed by atoms with Crippen LogP contribution < -0.4 is 0 Å². The molecule has 0 spiro atoms. The summed E-state index contributed by atoms with van der Waals surface area (Å²) in [5, 5.41) is -0.525. The summed E-state index contributed by atoms with van der Waals surface area (Å²) >= 11 is 10.7. The lowest BCUT2D eigenvalue weighted by atomic mass is 10.0. The molecule has 0 amide bonds. The number of ether oxygens (including phenoxy) is 1. The largest absolute Gasteiger partial charge is 0.462 e. The number of unbranched alkanes of at least 4 members (excludes halogenated alkanes) is 8. The molecule has 0 saturated carbocycles. The van der Waals surface area contributed by atoms with E-state index in [0.29, 0.717) is 19.3 Å². The summed E-state index contributed by atoms with van der Waals surface area (Å²) in [6.07, 6.45) is 13.8. The SMILES string of the molecule is C=[N+](C)CCCC(=O)OC(CCCCCCCC(=O)Cl)CCCCCCCC(=O)Cl. The molecule has 0 aromatic heterocycles. The van der Waals surface area contributed by atoms with E-state index in [9.17, 15) is 14.4 Å². The van der Waals surface area contributed by atoms with Gasteiger partial charge >= 0.3 is 5.97 Å². The fraction of sp³-hybridized carbons (Fsp3) is 0.826. The molecule has 0 rings (SSSR count). The standard InChI is InChI=1S/C23H40Cl2NO4/c1-26(2)19-13-18-23(29)30-20(14-9-5-3-7-11-16-21(24)27)15-10-6-4-8-12-17-22(25)28/h20H,1,3-19H2,2H3/q+1. The van der Waals surface area contributed by atoms with Crippen molar-refractivity contribution in [3.8, 4) is 0 Å². The summed E-state index contributed by atoms with van der Waals surface area (Å²) in [6.45, 7) is 4.56. The summed E-state index contributed by atoms with van der Waals surface area (Å²) < 4.78 is 7.57. The highest BCUT2D eigenvalue weighted by molar-refractivity contribution is 6.63. The summed E-state index contributed by atoms with van der Waals surface area (Å²) in [5.41, 5.74) is 0. The van der Waals surface area contributed by atoms with Gasteiger partial charge < -0.3 is 4.74 Å². The molecular formula is C23H40Cl2NO4+. The van der Waals surface area contributed by atoms with Crippen LogP contribution >= 0.6 is 23.2 Å². The van der Waals surface area contributed by atoms with Gasteiger partial charge in [-0.25, -0.2) is 4.58 Å². The highest BCUT2D eigenvalue weighted by Crippen LogP contribution is 2.18.